The molecule has 0 atom stereocenters. The van der Waals surface area contributed by atoms with Crippen LogP contribution in [0.1, 0.15) is 51.6 Å². The molecule has 2 aromatic carbocycles. The predicted molar refractivity (Wildman–Crippen MR) is 97.9 cm³/mol. The van der Waals surface area contributed by atoms with Gasteiger partial charge in [0.25, 0.3) is 11.8 Å². The Bertz CT molecular complexity index is 844. The van der Waals surface area contributed by atoms with Gasteiger partial charge in [-0.1, -0.05) is 37.6 Å². The quantitative estimate of drug-likeness (QED) is 0.802. The first-order chi connectivity index (χ1) is 12.2. The second-order valence-electron chi connectivity index (χ2n) is 6.79. The van der Waals surface area contributed by atoms with Gasteiger partial charge < -0.3 is 4.90 Å². The summed E-state index contributed by atoms with van der Waals surface area (Å²) >= 11 is 0. The highest BCUT2D eigenvalue weighted by Gasteiger charge is 2.35. The minimum absolute atomic E-state index is 0.146. The topological polar surface area (TPSA) is 40.6 Å². The molecule has 0 aliphatic carbocycles. The summed E-state index contributed by atoms with van der Waals surface area (Å²) in [6.45, 7) is 4.34. The van der Waals surface area contributed by atoms with E-state index in [-0.39, 0.29) is 11.8 Å². The molecule has 2 aliphatic heterocycles. The van der Waals surface area contributed by atoms with Crippen LogP contribution in [0.4, 0.5) is 5.69 Å². The van der Waals surface area contributed by atoms with Gasteiger partial charge in [0.05, 0.1) is 11.1 Å². The highest BCUT2D eigenvalue weighted by molar-refractivity contribution is 6.21. The molecule has 0 unspecified atom stereocenters. The average molecular weight is 334 g/mol. The van der Waals surface area contributed by atoms with Gasteiger partial charge in [-0.3, -0.25) is 14.5 Å². The number of carbonyl (C=O) groups is 2. The largest absolute Gasteiger partial charge is 0.367 e. The first-order valence-corrected chi connectivity index (χ1v) is 9.01. The van der Waals surface area contributed by atoms with Crippen molar-refractivity contribution in [2.75, 3.05) is 18.0 Å². The van der Waals surface area contributed by atoms with Gasteiger partial charge >= 0.3 is 0 Å². The second kappa shape index (κ2) is 6.36. The summed E-state index contributed by atoms with van der Waals surface area (Å²) in [5, 5.41) is 0. The number of hydrogen-bond acceptors (Lipinski definition) is 3. The third-order valence-corrected chi connectivity index (χ3v) is 5.19. The second-order valence-corrected chi connectivity index (χ2v) is 6.79. The lowest BCUT2D eigenvalue weighted by molar-refractivity contribution is 0.0652. The summed E-state index contributed by atoms with van der Waals surface area (Å²) in [4.78, 5) is 28.8. The van der Waals surface area contributed by atoms with Crippen LogP contribution in [0.15, 0.2) is 42.5 Å². The monoisotopic (exact) mass is 334 g/mol. The first-order valence-electron chi connectivity index (χ1n) is 9.01. The molecule has 4 heteroatoms. The summed E-state index contributed by atoms with van der Waals surface area (Å²) in [5.41, 5.74) is 4.85. The van der Waals surface area contributed by atoms with Crippen LogP contribution in [0.3, 0.4) is 0 Å². The Hall–Kier alpha value is -2.62. The lowest BCUT2D eigenvalue weighted by Crippen LogP contribution is -2.31. The molecular weight excluding hydrogens is 312 g/mol. The fraction of sp³-hybridized carbons (Fsp3) is 0.333. The molecular formula is C21H22N2O2. The van der Waals surface area contributed by atoms with Crippen LogP contribution in [0, 0.1) is 0 Å². The van der Waals surface area contributed by atoms with Crippen molar-refractivity contribution >= 4 is 17.5 Å². The molecule has 0 spiro atoms. The van der Waals surface area contributed by atoms with E-state index in [9.17, 15) is 9.59 Å². The van der Waals surface area contributed by atoms with E-state index < -0.39 is 0 Å². The molecule has 4 rings (SSSR count). The molecule has 25 heavy (non-hydrogen) atoms. The normalized spacial score (nSPS) is 16.2. The van der Waals surface area contributed by atoms with Crippen molar-refractivity contribution in [3.63, 3.8) is 0 Å². The zero-order valence-electron chi connectivity index (χ0n) is 14.5. The molecule has 0 fully saturated rings. The number of nitrogens with zero attached hydrogens (tertiary/aromatic N) is 2. The number of anilines is 1. The van der Waals surface area contributed by atoms with Crippen molar-refractivity contribution < 1.29 is 9.59 Å². The van der Waals surface area contributed by atoms with E-state index in [4.69, 9.17) is 0 Å². The SMILES string of the molecule is CCCCN1C(=O)c2ccc(N3CCc4ccccc4C3)cc2C1=O. The molecule has 0 aromatic heterocycles. The van der Waals surface area contributed by atoms with Gasteiger partial charge in [-0.15, -0.1) is 0 Å². The fourth-order valence-electron chi connectivity index (χ4n) is 3.71. The maximum absolute atomic E-state index is 12.6. The lowest BCUT2D eigenvalue weighted by Gasteiger charge is -2.31. The van der Waals surface area contributed by atoms with E-state index in [0.717, 1.165) is 38.0 Å². The number of fused-ring (bicyclic) bond motifs is 2. The molecule has 0 radical (unpaired) electrons. The number of carbonyl (C=O) groups excluding carboxylic acids is 2. The van der Waals surface area contributed by atoms with E-state index in [1.54, 1.807) is 0 Å². The van der Waals surface area contributed by atoms with Crippen LogP contribution < -0.4 is 4.90 Å². The predicted octanol–water partition coefficient (Wildman–Crippen LogP) is 3.65. The van der Waals surface area contributed by atoms with Gasteiger partial charge in [-0.05, 0) is 42.2 Å². The van der Waals surface area contributed by atoms with Crippen molar-refractivity contribution in [1.82, 2.24) is 4.90 Å². The number of amides is 2. The Kier molecular flexibility index (Phi) is 4.04. The number of hydrogen-bond donors (Lipinski definition) is 0. The molecule has 0 bridgehead atoms. The summed E-state index contributed by atoms with van der Waals surface area (Å²) in [5.74, 6) is -0.295. The Balaban J connectivity index is 1.60. The summed E-state index contributed by atoms with van der Waals surface area (Å²) < 4.78 is 0. The van der Waals surface area contributed by atoms with E-state index in [1.807, 2.05) is 18.2 Å². The van der Waals surface area contributed by atoms with Gasteiger partial charge in [0.2, 0.25) is 0 Å². The zero-order chi connectivity index (χ0) is 17.4. The van der Waals surface area contributed by atoms with E-state index in [1.165, 1.54) is 16.0 Å². The minimum atomic E-state index is -0.149. The first kappa shape index (κ1) is 15.9. The molecule has 0 saturated heterocycles. The van der Waals surface area contributed by atoms with Crippen LogP contribution in [0.5, 0.6) is 0 Å². The molecule has 2 heterocycles. The van der Waals surface area contributed by atoms with Crippen molar-refractivity contribution in [2.45, 2.75) is 32.7 Å². The zero-order valence-corrected chi connectivity index (χ0v) is 14.5. The minimum Gasteiger partial charge on any atom is -0.367 e. The number of rotatable bonds is 4. The molecule has 0 N–H and O–H groups in total. The average Bonchev–Trinajstić information content (AvgIpc) is 2.89. The van der Waals surface area contributed by atoms with Gasteiger partial charge in [0.15, 0.2) is 0 Å². The molecule has 4 nitrogen and oxygen atoms in total. The Morgan fingerprint density at radius 2 is 1.72 bits per heavy atom. The maximum atomic E-state index is 12.6. The smallest absolute Gasteiger partial charge is 0.261 e. The van der Waals surface area contributed by atoms with Crippen molar-refractivity contribution in [3.8, 4) is 0 Å². The number of unbranched alkanes of at least 4 members (excludes halogenated alkanes) is 1. The van der Waals surface area contributed by atoms with Gasteiger partial charge in [-0.25, -0.2) is 0 Å². The highest BCUT2D eigenvalue weighted by atomic mass is 16.2. The fourth-order valence-corrected chi connectivity index (χ4v) is 3.71. The van der Waals surface area contributed by atoms with Crippen LogP contribution in [0.25, 0.3) is 0 Å². The summed E-state index contributed by atoms with van der Waals surface area (Å²) in [6.07, 6.45) is 2.82. The van der Waals surface area contributed by atoms with Crippen LogP contribution >= 0.6 is 0 Å². The number of imide groups is 1. The van der Waals surface area contributed by atoms with Crippen LogP contribution in [-0.2, 0) is 13.0 Å². The Morgan fingerprint density at radius 1 is 0.960 bits per heavy atom. The van der Waals surface area contributed by atoms with Crippen molar-refractivity contribution in [2.24, 2.45) is 0 Å². The molecule has 128 valence electrons. The molecule has 2 amide bonds. The van der Waals surface area contributed by atoms with Gasteiger partial charge in [0, 0.05) is 25.3 Å². The van der Waals surface area contributed by atoms with Crippen molar-refractivity contribution in [1.29, 1.82) is 0 Å². The Morgan fingerprint density at radius 3 is 2.52 bits per heavy atom. The lowest BCUT2D eigenvalue weighted by atomic mass is 9.99. The van der Waals surface area contributed by atoms with Crippen LogP contribution in [0.2, 0.25) is 0 Å². The molecule has 2 aromatic rings. The Labute approximate surface area is 148 Å². The van der Waals surface area contributed by atoms with Crippen molar-refractivity contribution in [3.05, 3.63) is 64.7 Å². The standard InChI is InChI=1S/C21H22N2O2/c1-2-3-11-23-20(24)18-9-8-17(13-19(18)21(23)25)22-12-10-15-6-4-5-7-16(15)14-22/h4-9,13H,2-3,10-12,14H2,1H3. The highest BCUT2D eigenvalue weighted by Crippen LogP contribution is 2.30. The third kappa shape index (κ3) is 2.72. The van der Waals surface area contributed by atoms with Crippen LogP contribution in [-0.4, -0.2) is 29.8 Å². The van der Waals surface area contributed by atoms with Gasteiger partial charge in [-0.2, -0.15) is 0 Å². The summed E-state index contributed by atoms with van der Waals surface area (Å²) in [7, 11) is 0. The van der Waals surface area contributed by atoms with E-state index >= 15 is 0 Å². The summed E-state index contributed by atoms with van der Waals surface area (Å²) in [6, 6.07) is 14.2. The molecule has 0 saturated carbocycles. The maximum Gasteiger partial charge on any atom is 0.261 e. The molecule has 2 aliphatic rings. The van der Waals surface area contributed by atoms with E-state index in [0.29, 0.717) is 17.7 Å². The van der Waals surface area contributed by atoms with E-state index in [2.05, 4.69) is 36.1 Å². The third-order valence-electron chi connectivity index (χ3n) is 5.19. The van der Waals surface area contributed by atoms with Gasteiger partial charge in [0.1, 0.15) is 0 Å². The number of benzene rings is 2.